The predicted octanol–water partition coefficient (Wildman–Crippen LogP) is -0.938. The number of ether oxygens (including phenoxy) is 1. The van der Waals surface area contributed by atoms with Gasteiger partial charge < -0.3 is 9.84 Å². The molecular weight excluding hydrogens is 132 g/mol. The molecule has 0 saturated carbocycles. The second-order valence-electron chi connectivity index (χ2n) is 1.93. The Bertz CT molecular complexity index is 70.8. The van der Waals surface area contributed by atoms with E-state index >= 15 is 0 Å². The summed E-state index contributed by atoms with van der Waals surface area (Å²) in [6, 6.07) is 0. The number of nitrogens with zero attached hydrogens (tertiary/aromatic N) is 1. The quantitative estimate of drug-likeness (QED) is 0.477. The van der Waals surface area contributed by atoms with Crippen molar-refractivity contribution in [2.24, 2.45) is 0 Å². The van der Waals surface area contributed by atoms with Gasteiger partial charge in [-0.05, 0) is 7.05 Å². The molecule has 0 aromatic rings. The first-order chi connectivity index (χ1) is 4.85. The van der Waals surface area contributed by atoms with E-state index in [0.717, 1.165) is 6.54 Å². The number of rotatable bonds is 6. The summed E-state index contributed by atoms with van der Waals surface area (Å²) in [6.45, 7) is 2.29. The van der Waals surface area contributed by atoms with E-state index in [-0.39, 0.29) is 6.61 Å². The fourth-order valence-electron chi connectivity index (χ4n) is 0.658. The minimum Gasteiger partial charge on any atom is -0.395 e. The molecule has 0 radical (unpaired) electrons. The third-order valence-electron chi connectivity index (χ3n) is 1.25. The van der Waals surface area contributed by atoms with Crippen LogP contribution in [-0.4, -0.2) is 50.6 Å². The summed E-state index contributed by atoms with van der Waals surface area (Å²) in [7, 11) is 3.48. The van der Waals surface area contributed by atoms with Crippen LogP contribution < -0.4 is 5.43 Å². The van der Waals surface area contributed by atoms with E-state index in [9.17, 15) is 0 Å². The molecule has 0 amide bonds. The minimum atomic E-state index is 0.171. The number of hydrazine groups is 1. The Morgan fingerprint density at radius 1 is 1.50 bits per heavy atom. The standard InChI is InChI=1S/C6H16N2O2/c1-7-8(3-5-9)4-6-10-2/h7,9H,3-6H2,1-2H3. The number of methoxy groups -OCH3 is 1. The molecule has 0 atom stereocenters. The summed E-state index contributed by atoms with van der Waals surface area (Å²) in [4.78, 5) is 0. The zero-order valence-electron chi connectivity index (χ0n) is 6.63. The van der Waals surface area contributed by atoms with Gasteiger partial charge >= 0.3 is 0 Å². The lowest BCUT2D eigenvalue weighted by molar-refractivity contribution is 0.104. The van der Waals surface area contributed by atoms with Crippen molar-refractivity contribution >= 4 is 0 Å². The lowest BCUT2D eigenvalue weighted by Gasteiger charge is -2.18. The van der Waals surface area contributed by atoms with Crippen LogP contribution in [-0.2, 0) is 4.74 Å². The summed E-state index contributed by atoms with van der Waals surface area (Å²) in [6.07, 6.45) is 0. The van der Waals surface area contributed by atoms with Gasteiger partial charge in [-0.25, -0.2) is 5.01 Å². The van der Waals surface area contributed by atoms with Crippen LogP contribution in [0.2, 0.25) is 0 Å². The highest BCUT2D eigenvalue weighted by molar-refractivity contribution is 4.46. The largest absolute Gasteiger partial charge is 0.395 e. The number of aliphatic hydroxyl groups excluding tert-OH is 1. The van der Waals surface area contributed by atoms with Crippen molar-refractivity contribution in [1.29, 1.82) is 0 Å². The zero-order chi connectivity index (χ0) is 7.82. The van der Waals surface area contributed by atoms with Crippen molar-refractivity contribution < 1.29 is 9.84 Å². The fourth-order valence-corrected chi connectivity index (χ4v) is 0.658. The van der Waals surface area contributed by atoms with Crippen molar-refractivity contribution in [2.75, 3.05) is 40.5 Å². The zero-order valence-corrected chi connectivity index (χ0v) is 6.63. The molecule has 0 bridgehead atoms. The molecule has 4 heteroatoms. The summed E-state index contributed by atoms with van der Waals surface area (Å²) in [5.41, 5.74) is 2.93. The van der Waals surface area contributed by atoms with E-state index in [1.165, 1.54) is 0 Å². The Morgan fingerprint density at radius 2 is 2.20 bits per heavy atom. The highest BCUT2D eigenvalue weighted by Gasteiger charge is 1.97. The van der Waals surface area contributed by atoms with Crippen LogP contribution >= 0.6 is 0 Å². The number of hydrogen-bond donors (Lipinski definition) is 2. The van der Waals surface area contributed by atoms with Gasteiger partial charge in [-0.2, -0.15) is 0 Å². The Morgan fingerprint density at radius 3 is 2.60 bits per heavy atom. The van der Waals surface area contributed by atoms with E-state index in [1.54, 1.807) is 7.11 Å². The molecule has 0 aliphatic rings. The molecule has 0 rings (SSSR count). The maximum absolute atomic E-state index is 8.54. The van der Waals surface area contributed by atoms with Crippen molar-refractivity contribution in [2.45, 2.75) is 0 Å². The smallest absolute Gasteiger partial charge is 0.0603 e. The fraction of sp³-hybridized carbons (Fsp3) is 1.00. The molecule has 0 aliphatic heterocycles. The Kier molecular flexibility index (Phi) is 6.84. The molecule has 2 N–H and O–H groups in total. The van der Waals surface area contributed by atoms with Gasteiger partial charge in [-0.1, -0.05) is 0 Å². The first-order valence-electron chi connectivity index (χ1n) is 3.37. The average molecular weight is 148 g/mol. The molecule has 0 aliphatic carbocycles. The lowest BCUT2D eigenvalue weighted by Crippen LogP contribution is -2.39. The molecule has 0 unspecified atom stereocenters. The number of aliphatic hydroxyl groups is 1. The van der Waals surface area contributed by atoms with Gasteiger partial charge in [0.15, 0.2) is 0 Å². The molecule has 0 aromatic heterocycles. The molecule has 4 nitrogen and oxygen atoms in total. The van der Waals surface area contributed by atoms with Gasteiger partial charge in [-0.15, -0.1) is 0 Å². The van der Waals surface area contributed by atoms with Crippen LogP contribution in [0.4, 0.5) is 0 Å². The van der Waals surface area contributed by atoms with Gasteiger partial charge in [0, 0.05) is 20.2 Å². The van der Waals surface area contributed by atoms with Gasteiger partial charge in [0.25, 0.3) is 0 Å². The number of nitrogens with one attached hydrogen (secondary N) is 1. The first kappa shape index (κ1) is 9.84. The molecule has 0 spiro atoms. The molecular formula is C6H16N2O2. The highest BCUT2D eigenvalue weighted by Crippen LogP contribution is 1.79. The third kappa shape index (κ3) is 4.69. The summed E-state index contributed by atoms with van der Waals surface area (Å²) < 4.78 is 4.86. The normalized spacial score (nSPS) is 10.8. The van der Waals surface area contributed by atoms with Gasteiger partial charge in [0.05, 0.1) is 13.2 Å². The van der Waals surface area contributed by atoms with Crippen molar-refractivity contribution in [1.82, 2.24) is 10.4 Å². The maximum atomic E-state index is 8.54. The van der Waals surface area contributed by atoms with E-state index < -0.39 is 0 Å². The summed E-state index contributed by atoms with van der Waals surface area (Å²) >= 11 is 0. The molecule has 10 heavy (non-hydrogen) atoms. The van der Waals surface area contributed by atoms with Crippen molar-refractivity contribution in [3.05, 3.63) is 0 Å². The van der Waals surface area contributed by atoms with Crippen molar-refractivity contribution in [3.63, 3.8) is 0 Å². The second-order valence-corrected chi connectivity index (χ2v) is 1.93. The second kappa shape index (κ2) is 6.95. The minimum absolute atomic E-state index is 0.171. The van der Waals surface area contributed by atoms with E-state index in [2.05, 4.69) is 5.43 Å². The van der Waals surface area contributed by atoms with Gasteiger partial charge in [-0.3, -0.25) is 5.43 Å². The van der Waals surface area contributed by atoms with E-state index in [4.69, 9.17) is 9.84 Å². The Balaban J connectivity index is 3.21. The van der Waals surface area contributed by atoms with E-state index in [1.807, 2.05) is 12.1 Å². The Labute approximate surface area is 61.8 Å². The van der Waals surface area contributed by atoms with E-state index in [0.29, 0.717) is 13.2 Å². The topological polar surface area (TPSA) is 44.7 Å². The molecule has 0 fully saturated rings. The average Bonchev–Trinajstić information content (AvgIpc) is 1.98. The molecule has 0 aromatic carbocycles. The summed E-state index contributed by atoms with van der Waals surface area (Å²) in [5.74, 6) is 0. The third-order valence-corrected chi connectivity index (χ3v) is 1.25. The lowest BCUT2D eigenvalue weighted by atomic mass is 10.6. The van der Waals surface area contributed by atoms with Crippen LogP contribution in [0.3, 0.4) is 0 Å². The van der Waals surface area contributed by atoms with Crippen LogP contribution in [0.15, 0.2) is 0 Å². The highest BCUT2D eigenvalue weighted by atomic mass is 16.5. The van der Waals surface area contributed by atoms with Crippen molar-refractivity contribution in [3.8, 4) is 0 Å². The van der Waals surface area contributed by atoms with Crippen LogP contribution in [0.25, 0.3) is 0 Å². The number of hydrogen-bond acceptors (Lipinski definition) is 4. The molecule has 0 heterocycles. The predicted molar refractivity (Wildman–Crippen MR) is 39.6 cm³/mol. The molecule has 62 valence electrons. The Hall–Kier alpha value is -0.160. The monoisotopic (exact) mass is 148 g/mol. The van der Waals surface area contributed by atoms with Gasteiger partial charge in [0.1, 0.15) is 0 Å². The van der Waals surface area contributed by atoms with Crippen LogP contribution in [0.5, 0.6) is 0 Å². The van der Waals surface area contributed by atoms with Gasteiger partial charge in [0.2, 0.25) is 0 Å². The molecule has 0 saturated heterocycles. The first-order valence-corrected chi connectivity index (χ1v) is 3.37. The van der Waals surface area contributed by atoms with Crippen LogP contribution in [0.1, 0.15) is 0 Å². The maximum Gasteiger partial charge on any atom is 0.0603 e. The van der Waals surface area contributed by atoms with Crippen LogP contribution in [0, 0.1) is 0 Å². The SMILES string of the molecule is CNN(CCO)CCOC. The summed E-state index contributed by atoms with van der Waals surface area (Å²) in [5, 5.41) is 10.4.